The number of nitro benzene ring substituents is 1. The summed E-state index contributed by atoms with van der Waals surface area (Å²) in [5.74, 6) is 0.291. The van der Waals surface area contributed by atoms with Gasteiger partial charge in [0.25, 0.3) is 0 Å². The normalized spacial score (nSPS) is 10.3. The molecular weight excluding hydrogens is 272 g/mol. The molecule has 0 atom stereocenters. The molecule has 0 aliphatic rings. The molecule has 7 nitrogen and oxygen atoms in total. The maximum atomic E-state index is 11.2. The van der Waals surface area contributed by atoms with E-state index in [1.54, 1.807) is 31.3 Å². The Morgan fingerprint density at radius 3 is 2.95 bits per heavy atom. The van der Waals surface area contributed by atoms with Gasteiger partial charge in [-0.1, -0.05) is 6.07 Å². The molecule has 0 aliphatic heterocycles. The Bertz CT molecular complexity index is 584. The van der Waals surface area contributed by atoms with Crippen molar-refractivity contribution in [1.82, 2.24) is 9.78 Å². The van der Waals surface area contributed by atoms with Gasteiger partial charge in [-0.05, 0) is 31.5 Å². The predicted octanol–water partition coefficient (Wildman–Crippen LogP) is 2.69. The number of rotatable bonds is 8. The van der Waals surface area contributed by atoms with E-state index in [1.165, 1.54) is 0 Å². The highest BCUT2D eigenvalue weighted by atomic mass is 16.6. The summed E-state index contributed by atoms with van der Waals surface area (Å²) < 4.78 is 7.13. The van der Waals surface area contributed by atoms with E-state index in [0.717, 1.165) is 13.0 Å². The van der Waals surface area contributed by atoms with Crippen LogP contribution in [0.5, 0.6) is 5.75 Å². The van der Waals surface area contributed by atoms with Gasteiger partial charge in [-0.25, -0.2) is 0 Å². The van der Waals surface area contributed by atoms with Crippen LogP contribution in [-0.2, 0) is 6.54 Å². The molecule has 0 unspecified atom stereocenters. The van der Waals surface area contributed by atoms with Gasteiger partial charge in [-0.15, -0.1) is 0 Å². The van der Waals surface area contributed by atoms with Gasteiger partial charge in [0.05, 0.1) is 11.5 Å². The van der Waals surface area contributed by atoms with E-state index in [-0.39, 0.29) is 5.69 Å². The first kappa shape index (κ1) is 14.8. The zero-order valence-corrected chi connectivity index (χ0v) is 11.9. The number of nitro groups is 1. The fourth-order valence-electron chi connectivity index (χ4n) is 2.02. The topological polar surface area (TPSA) is 82.2 Å². The minimum absolute atomic E-state index is 0.0153. The van der Waals surface area contributed by atoms with Gasteiger partial charge < -0.3 is 10.1 Å². The molecular formula is C14H18N4O3. The second-order valence-corrected chi connectivity index (χ2v) is 4.39. The van der Waals surface area contributed by atoms with Crippen LogP contribution in [0.2, 0.25) is 0 Å². The van der Waals surface area contributed by atoms with Gasteiger partial charge in [0, 0.05) is 25.5 Å². The van der Waals surface area contributed by atoms with Crippen molar-refractivity contribution in [2.45, 2.75) is 19.9 Å². The third kappa shape index (κ3) is 3.95. The Morgan fingerprint density at radius 2 is 2.29 bits per heavy atom. The van der Waals surface area contributed by atoms with Gasteiger partial charge in [-0.3, -0.25) is 14.8 Å². The van der Waals surface area contributed by atoms with Crippen LogP contribution in [0, 0.1) is 10.1 Å². The first-order valence-electron chi connectivity index (χ1n) is 6.84. The summed E-state index contributed by atoms with van der Waals surface area (Å²) in [6, 6.07) is 6.91. The lowest BCUT2D eigenvalue weighted by atomic mass is 10.2. The zero-order chi connectivity index (χ0) is 15.1. The molecule has 0 amide bonds. The number of hydrogen-bond donors (Lipinski definition) is 1. The van der Waals surface area contributed by atoms with Crippen molar-refractivity contribution in [3.05, 3.63) is 46.8 Å². The quantitative estimate of drug-likeness (QED) is 0.459. The highest BCUT2D eigenvalue weighted by Crippen LogP contribution is 2.34. The highest BCUT2D eigenvalue weighted by Gasteiger charge is 2.20. The van der Waals surface area contributed by atoms with Crippen LogP contribution < -0.4 is 10.1 Å². The summed E-state index contributed by atoms with van der Waals surface area (Å²) in [5, 5.41) is 18.4. The van der Waals surface area contributed by atoms with E-state index >= 15 is 0 Å². The van der Waals surface area contributed by atoms with Crippen molar-refractivity contribution in [1.29, 1.82) is 0 Å². The molecule has 0 radical (unpaired) electrons. The van der Waals surface area contributed by atoms with Crippen molar-refractivity contribution in [3.8, 4) is 5.75 Å². The lowest BCUT2D eigenvalue weighted by molar-refractivity contribution is -0.384. The Balaban J connectivity index is 1.98. The molecule has 0 fully saturated rings. The number of nitrogens with one attached hydrogen (secondary N) is 1. The average Bonchev–Trinajstić information content (AvgIpc) is 2.97. The zero-order valence-electron chi connectivity index (χ0n) is 11.9. The maximum absolute atomic E-state index is 11.2. The van der Waals surface area contributed by atoms with Crippen molar-refractivity contribution in [3.63, 3.8) is 0 Å². The second-order valence-electron chi connectivity index (χ2n) is 4.39. The first-order valence-corrected chi connectivity index (χ1v) is 6.84. The molecule has 0 saturated carbocycles. The average molecular weight is 290 g/mol. The third-order valence-electron chi connectivity index (χ3n) is 2.92. The van der Waals surface area contributed by atoms with Gasteiger partial charge in [0.1, 0.15) is 5.69 Å². The molecule has 0 spiro atoms. The summed E-state index contributed by atoms with van der Waals surface area (Å²) in [5.41, 5.74) is 0.463. The van der Waals surface area contributed by atoms with E-state index in [2.05, 4.69) is 10.4 Å². The van der Waals surface area contributed by atoms with Gasteiger partial charge >= 0.3 is 5.69 Å². The van der Waals surface area contributed by atoms with E-state index in [1.807, 2.05) is 16.9 Å². The molecule has 0 bridgehead atoms. The van der Waals surface area contributed by atoms with Gasteiger partial charge in [0.15, 0.2) is 5.75 Å². The number of aryl methyl sites for hydroxylation is 1. The molecule has 2 rings (SSSR count). The Hall–Kier alpha value is -2.57. The van der Waals surface area contributed by atoms with Crippen LogP contribution >= 0.6 is 0 Å². The van der Waals surface area contributed by atoms with Gasteiger partial charge in [0.2, 0.25) is 0 Å². The monoisotopic (exact) mass is 290 g/mol. The second kappa shape index (κ2) is 7.28. The lowest BCUT2D eigenvalue weighted by Gasteiger charge is -2.10. The number of para-hydroxylation sites is 1. The lowest BCUT2D eigenvalue weighted by Crippen LogP contribution is -2.09. The van der Waals surface area contributed by atoms with Crippen LogP contribution in [0.3, 0.4) is 0 Å². The van der Waals surface area contributed by atoms with Crippen LogP contribution in [-0.4, -0.2) is 27.9 Å². The number of anilines is 1. The van der Waals surface area contributed by atoms with Crippen molar-refractivity contribution >= 4 is 11.4 Å². The highest BCUT2D eigenvalue weighted by molar-refractivity contribution is 5.68. The van der Waals surface area contributed by atoms with Crippen LogP contribution in [0.1, 0.15) is 13.3 Å². The van der Waals surface area contributed by atoms with Crippen molar-refractivity contribution in [2.24, 2.45) is 0 Å². The Kier molecular flexibility index (Phi) is 5.14. The standard InChI is InChI=1S/C14H18N4O3/c1-2-21-13-7-3-6-12(14(13)18(19)20)15-8-4-10-17-11-5-9-16-17/h3,5-7,9,11,15H,2,4,8,10H2,1H3. The number of hydrogen-bond acceptors (Lipinski definition) is 5. The Morgan fingerprint density at radius 1 is 1.43 bits per heavy atom. The molecule has 1 aromatic heterocycles. The number of benzene rings is 1. The predicted molar refractivity (Wildman–Crippen MR) is 79.6 cm³/mol. The molecule has 0 saturated heterocycles. The Labute approximate surface area is 122 Å². The minimum Gasteiger partial charge on any atom is -0.487 e. The molecule has 2 aromatic rings. The molecule has 0 aliphatic carbocycles. The van der Waals surface area contributed by atoms with Crippen LogP contribution in [0.15, 0.2) is 36.7 Å². The maximum Gasteiger partial charge on any atom is 0.333 e. The third-order valence-corrected chi connectivity index (χ3v) is 2.92. The molecule has 1 N–H and O–H groups in total. The van der Waals surface area contributed by atoms with E-state index in [0.29, 0.717) is 24.6 Å². The summed E-state index contributed by atoms with van der Waals surface area (Å²) in [4.78, 5) is 10.8. The molecule has 1 aromatic carbocycles. The molecule has 7 heteroatoms. The van der Waals surface area contributed by atoms with Gasteiger partial charge in [-0.2, -0.15) is 5.10 Å². The molecule has 112 valence electrons. The fourth-order valence-corrected chi connectivity index (χ4v) is 2.02. The van der Waals surface area contributed by atoms with E-state index in [4.69, 9.17) is 4.74 Å². The minimum atomic E-state index is -0.416. The molecule has 21 heavy (non-hydrogen) atoms. The summed E-state index contributed by atoms with van der Waals surface area (Å²) in [6.45, 7) is 3.58. The first-order chi connectivity index (χ1) is 10.2. The SMILES string of the molecule is CCOc1cccc(NCCCn2cccn2)c1[N+](=O)[O-]. The largest absolute Gasteiger partial charge is 0.487 e. The van der Waals surface area contributed by atoms with Crippen molar-refractivity contribution < 1.29 is 9.66 Å². The summed E-state index contributed by atoms with van der Waals surface area (Å²) >= 11 is 0. The van der Waals surface area contributed by atoms with E-state index in [9.17, 15) is 10.1 Å². The molecule has 1 heterocycles. The van der Waals surface area contributed by atoms with Crippen molar-refractivity contribution in [2.75, 3.05) is 18.5 Å². The fraction of sp³-hybridized carbons (Fsp3) is 0.357. The van der Waals surface area contributed by atoms with Crippen LogP contribution in [0.25, 0.3) is 0 Å². The number of aromatic nitrogens is 2. The number of ether oxygens (including phenoxy) is 1. The van der Waals surface area contributed by atoms with E-state index < -0.39 is 4.92 Å². The van der Waals surface area contributed by atoms with Crippen LogP contribution in [0.4, 0.5) is 11.4 Å². The summed E-state index contributed by atoms with van der Waals surface area (Å²) in [6.07, 6.45) is 4.43. The summed E-state index contributed by atoms with van der Waals surface area (Å²) in [7, 11) is 0. The smallest absolute Gasteiger partial charge is 0.333 e. The number of nitrogens with zero attached hydrogens (tertiary/aromatic N) is 3.